The molecule has 0 aliphatic carbocycles. The van der Waals surface area contributed by atoms with E-state index in [0.29, 0.717) is 5.69 Å². The van der Waals surface area contributed by atoms with Crippen LogP contribution < -0.4 is 10.8 Å². The lowest BCUT2D eigenvalue weighted by Gasteiger charge is -2.33. The number of nitrogens with one attached hydrogen (secondary N) is 3. The maximum Gasteiger partial charge on any atom is 0.267 e. The molecule has 0 bridgehead atoms. The number of fused-ring (bicyclic) bond motifs is 2. The molecule has 0 unspecified atom stereocenters. The summed E-state index contributed by atoms with van der Waals surface area (Å²) in [7, 11) is 0. The van der Waals surface area contributed by atoms with Crippen molar-refractivity contribution >= 4 is 22.4 Å². The lowest BCUT2D eigenvalue weighted by atomic mass is 9.99. The first-order valence-electron chi connectivity index (χ1n) is 13.4. The van der Waals surface area contributed by atoms with Gasteiger partial charge < -0.3 is 20.1 Å². The molecule has 4 aliphatic heterocycles. The first-order valence-corrected chi connectivity index (χ1v) is 13.4. The van der Waals surface area contributed by atoms with Gasteiger partial charge in [0.25, 0.3) is 5.91 Å². The van der Waals surface area contributed by atoms with Gasteiger partial charge in [-0.1, -0.05) is 25.0 Å². The highest BCUT2D eigenvalue weighted by molar-refractivity contribution is 6.02. The Morgan fingerprint density at radius 2 is 1.81 bits per heavy atom. The van der Waals surface area contributed by atoms with Crippen molar-refractivity contribution in [3.8, 4) is 0 Å². The van der Waals surface area contributed by atoms with Crippen molar-refractivity contribution in [2.24, 2.45) is 0 Å². The minimum absolute atomic E-state index is 0.0180. The molecule has 8 heteroatoms. The summed E-state index contributed by atoms with van der Waals surface area (Å²) in [6.45, 7) is 6.96. The normalized spacial score (nSPS) is 21.6. The molecule has 6 rings (SSSR count). The van der Waals surface area contributed by atoms with Crippen LogP contribution in [-0.4, -0.2) is 71.1 Å². The number of allylic oxidation sites excluding steroid dienone is 3. The van der Waals surface area contributed by atoms with Gasteiger partial charge in [0.2, 0.25) is 0 Å². The minimum Gasteiger partial charge on any atom is -0.351 e. The average molecular weight is 489 g/mol. The molecule has 0 atom stereocenters. The molecule has 0 saturated carbocycles. The SMILES string of the molecule is O=C(NC1CCN(CCN2CCCCCC2)CC1)c1cc2c(C3=CC4=CNON4C=C3)cccc2[nH]1. The lowest BCUT2D eigenvalue weighted by Crippen LogP contribution is -2.46. The van der Waals surface area contributed by atoms with Crippen molar-refractivity contribution < 1.29 is 9.73 Å². The number of amides is 1. The summed E-state index contributed by atoms with van der Waals surface area (Å²) in [5.74, 6) is -0.0180. The summed E-state index contributed by atoms with van der Waals surface area (Å²) >= 11 is 0. The predicted octanol–water partition coefficient (Wildman–Crippen LogP) is 3.74. The number of rotatable bonds is 6. The number of piperidine rings is 1. The van der Waals surface area contributed by atoms with E-state index in [-0.39, 0.29) is 11.9 Å². The number of carbonyl (C=O) groups is 1. The van der Waals surface area contributed by atoms with Gasteiger partial charge in [-0.3, -0.25) is 4.79 Å². The molecule has 8 nitrogen and oxygen atoms in total. The van der Waals surface area contributed by atoms with Crippen LogP contribution >= 0.6 is 0 Å². The van der Waals surface area contributed by atoms with Crippen molar-refractivity contribution in [2.75, 3.05) is 39.3 Å². The van der Waals surface area contributed by atoms with Gasteiger partial charge in [0.05, 0.1) is 11.9 Å². The number of aromatic amines is 1. The van der Waals surface area contributed by atoms with Crippen molar-refractivity contribution in [2.45, 2.75) is 44.6 Å². The van der Waals surface area contributed by atoms with Crippen LogP contribution in [0, 0.1) is 0 Å². The Labute approximate surface area is 212 Å². The van der Waals surface area contributed by atoms with E-state index >= 15 is 0 Å². The molecule has 1 aromatic heterocycles. The van der Waals surface area contributed by atoms with Gasteiger partial charge >= 0.3 is 0 Å². The number of H-pyrrole nitrogens is 1. The number of aromatic nitrogens is 1. The zero-order valence-corrected chi connectivity index (χ0v) is 20.8. The average Bonchev–Trinajstić information content (AvgIpc) is 3.48. The predicted molar refractivity (Wildman–Crippen MR) is 141 cm³/mol. The van der Waals surface area contributed by atoms with Crippen LogP contribution in [0.3, 0.4) is 0 Å². The van der Waals surface area contributed by atoms with Crippen LogP contribution in [0.5, 0.6) is 0 Å². The van der Waals surface area contributed by atoms with E-state index in [2.05, 4.69) is 37.7 Å². The molecule has 0 radical (unpaired) electrons. The smallest absolute Gasteiger partial charge is 0.267 e. The highest BCUT2D eigenvalue weighted by Gasteiger charge is 2.23. The van der Waals surface area contributed by atoms with E-state index in [0.717, 1.165) is 60.2 Å². The van der Waals surface area contributed by atoms with Gasteiger partial charge in [0.1, 0.15) is 5.69 Å². The third kappa shape index (κ3) is 5.07. The molecule has 4 aliphatic rings. The Morgan fingerprint density at radius 3 is 2.61 bits per heavy atom. The molecule has 1 amide bonds. The molecule has 2 aromatic rings. The van der Waals surface area contributed by atoms with Gasteiger partial charge in [0.15, 0.2) is 0 Å². The molecule has 2 fully saturated rings. The molecule has 190 valence electrons. The van der Waals surface area contributed by atoms with Crippen LogP contribution in [0.25, 0.3) is 16.5 Å². The Bertz CT molecular complexity index is 1180. The molecule has 3 N–H and O–H groups in total. The summed E-state index contributed by atoms with van der Waals surface area (Å²) < 4.78 is 0. The maximum atomic E-state index is 13.1. The first-order chi connectivity index (χ1) is 17.7. The largest absolute Gasteiger partial charge is 0.351 e. The monoisotopic (exact) mass is 488 g/mol. The summed E-state index contributed by atoms with van der Waals surface area (Å²) in [6.07, 6.45) is 15.3. The number of nitrogens with zero attached hydrogens (tertiary/aromatic N) is 3. The molecule has 1 aromatic carbocycles. The van der Waals surface area contributed by atoms with Crippen LogP contribution in [0.1, 0.15) is 54.6 Å². The topological polar surface area (TPSA) is 75.9 Å². The van der Waals surface area contributed by atoms with E-state index in [4.69, 9.17) is 4.94 Å². The fourth-order valence-corrected chi connectivity index (χ4v) is 5.74. The highest BCUT2D eigenvalue weighted by atomic mass is 16.8. The van der Waals surface area contributed by atoms with Gasteiger partial charge in [0, 0.05) is 49.3 Å². The third-order valence-corrected chi connectivity index (χ3v) is 7.88. The fraction of sp³-hybridized carbons (Fsp3) is 0.464. The number of hydrogen-bond acceptors (Lipinski definition) is 6. The van der Waals surface area contributed by atoms with Crippen molar-refractivity contribution in [3.05, 3.63) is 65.8 Å². The van der Waals surface area contributed by atoms with Gasteiger partial charge in [-0.25, -0.2) is 10.5 Å². The number of hydroxylamine groups is 3. The zero-order chi connectivity index (χ0) is 24.3. The van der Waals surface area contributed by atoms with Crippen LogP contribution in [-0.2, 0) is 4.94 Å². The zero-order valence-electron chi connectivity index (χ0n) is 20.8. The second-order valence-electron chi connectivity index (χ2n) is 10.3. The quantitative estimate of drug-likeness (QED) is 0.575. The Hall–Kier alpha value is -3.07. The van der Waals surface area contributed by atoms with Gasteiger partial charge in [-0.2, -0.15) is 4.94 Å². The Kier molecular flexibility index (Phi) is 6.81. The van der Waals surface area contributed by atoms with Crippen molar-refractivity contribution in [1.82, 2.24) is 30.6 Å². The van der Waals surface area contributed by atoms with E-state index in [1.165, 1.54) is 45.3 Å². The number of likely N-dealkylation sites (tertiary alicyclic amines) is 2. The third-order valence-electron chi connectivity index (χ3n) is 7.88. The first kappa shape index (κ1) is 23.3. The molecule has 5 heterocycles. The second kappa shape index (κ2) is 10.5. The lowest BCUT2D eigenvalue weighted by molar-refractivity contribution is -0.112. The standard InChI is InChI=1S/C28H36N6O2/c35-28(30-22-9-13-33(14-10-22)17-16-32-11-3-1-2-4-12-32)27-19-25-24(6-5-7-26(25)31-27)21-8-15-34-23(18-21)20-29-36-34/h5-8,15,18-20,22,29,31H,1-4,9-14,16-17H2,(H,30,35). The number of hydrogen-bond donors (Lipinski definition) is 3. The number of benzene rings is 1. The Morgan fingerprint density at radius 1 is 1.03 bits per heavy atom. The van der Waals surface area contributed by atoms with E-state index in [9.17, 15) is 4.79 Å². The maximum absolute atomic E-state index is 13.1. The van der Waals surface area contributed by atoms with Gasteiger partial charge in [-0.05, 0) is 74.2 Å². The summed E-state index contributed by atoms with van der Waals surface area (Å²) in [5, 5.41) is 6.01. The summed E-state index contributed by atoms with van der Waals surface area (Å²) in [5.41, 5.74) is 7.45. The summed E-state index contributed by atoms with van der Waals surface area (Å²) in [6, 6.07) is 8.35. The Balaban J connectivity index is 1.06. The highest BCUT2D eigenvalue weighted by Crippen LogP contribution is 2.31. The van der Waals surface area contributed by atoms with Crippen molar-refractivity contribution in [3.63, 3.8) is 0 Å². The second-order valence-corrected chi connectivity index (χ2v) is 10.3. The molecular formula is C28H36N6O2. The van der Waals surface area contributed by atoms with Crippen LogP contribution in [0.4, 0.5) is 0 Å². The summed E-state index contributed by atoms with van der Waals surface area (Å²) in [4.78, 5) is 27.0. The fourth-order valence-electron chi connectivity index (χ4n) is 5.74. The molecular weight excluding hydrogens is 452 g/mol. The molecule has 2 saturated heterocycles. The van der Waals surface area contributed by atoms with Crippen LogP contribution in [0.2, 0.25) is 0 Å². The van der Waals surface area contributed by atoms with E-state index < -0.39 is 0 Å². The van der Waals surface area contributed by atoms with Crippen LogP contribution in [0.15, 0.2) is 54.5 Å². The van der Waals surface area contributed by atoms with Crippen molar-refractivity contribution in [1.29, 1.82) is 0 Å². The molecule has 0 spiro atoms. The minimum atomic E-state index is -0.0180. The van der Waals surface area contributed by atoms with E-state index in [1.54, 1.807) is 5.06 Å². The van der Waals surface area contributed by atoms with E-state index in [1.807, 2.05) is 36.7 Å². The van der Waals surface area contributed by atoms with Gasteiger partial charge in [-0.15, -0.1) is 0 Å². The molecule has 36 heavy (non-hydrogen) atoms. The number of carbonyl (C=O) groups excluding carboxylic acids is 1.